The molecule has 0 aliphatic heterocycles. The molecule has 98 valence electrons. The zero-order chi connectivity index (χ0) is 13.8. The van der Waals surface area contributed by atoms with Crippen molar-refractivity contribution < 1.29 is 19.0 Å². The first-order valence-electron chi connectivity index (χ1n) is 5.32. The summed E-state index contributed by atoms with van der Waals surface area (Å²) in [5, 5.41) is 8.69. The molecule has 0 fully saturated rings. The standard InChI is InChI=1S/C13H9BrFNO3/c14-9-1-3-11(15)8(5-9)7-19-10-2-4-12(13(17)18)16-6-10/h1-6H,7H2,(H,17,18). The van der Waals surface area contributed by atoms with Crippen LogP contribution in [-0.4, -0.2) is 16.1 Å². The highest BCUT2D eigenvalue weighted by molar-refractivity contribution is 9.10. The fourth-order valence-corrected chi connectivity index (χ4v) is 1.82. The van der Waals surface area contributed by atoms with Gasteiger partial charge in [0, 0.05) is 10.0 Å². The number of hydrogen-bond acceptors (Lipinski definition) is 3. The predicted molar refractivity (Wildman–Crippen MR) is 69.6 cm³/mol. The van der Waals surface area contributed by atoms with E-state index in [0.717, 1.165) is 4.47 Å². The third-order valence-corrected chi connectivity index (χ3v) is 2.85. The average Bonchev–Trinajstić information content (AvgIpc) is 2.40. The van der Waals surface area contributed by atoms with Crippen molar-refractivity contribution in [2.75, 3.05) is 0 Å². The summed E-state index contributed by atoms with van der Waals surface area (Å²) in [6.07, 6.45) is 1.29. The maximum atomic E-state index is 13.4. The van der Waals surface area contributed by atoms with Gasteiger partial charge >= 0.3 is 5.97 Å². The maximum Gasteiger partial charge on any atom is 0.354 e. The molecule has 0 radical (unpaired) electrons. The molecule has 0 aliphatic carbocycles. The third-order valence-electron chi connectivity index (χ3n) is 2.36. The van der Waals surface area contributed by atoms with Crippen LogP contribution in [0.4, 0.5) is 4.39 Å². The lowest BCUT2D eigenvalue weighted by molar-refractivity contribution is 0.0690. The van der Waals surface area contributed by atoms with Crippen molar-refractivity contribution in [3.63, 3.8) is 0 Å². The Labute approximate surface area is 117 Å². The number of halogens is 2. The van der Waals surface area contributed by atoms with Gasteiger partial charge in [0.1, 0.15) is 23.9 Å². The van der Waals surface area contributed by atoms with Gasteiger partial charge in [-0.15, -0.1) is 0 Å². The fraction of sp³-hybridized carbons (Fsp3) is 0.0769. The van der Waals surface area contributed by atoms with Gasteiger partial charge in [0.05, 0.1) is 6.20 Å². The summed E-state index contributed by atoms with van der Waals surface area (Å²) in [5.41, 5.74) is 0.331. The van der Waals surface area contributed by atoms with Crippen molar-refractivity contribution in [3.05, 3.63) is 58.1 Å². The molecule has 0 saturated heterocycles. The van der Waals surface area contributed by atoms with E-state index in [9.17, 15) is 9.18 Å². The average molecular weight is 326 g/mol. The Kier molecular flexibility index (Phi) is 4.11. The number of carbonyl (C=O) groups is 1. The Bertz CT molecular complexity index is 601. The minimum atomic E-state index is -1.11. The van der Waals surface area contributed by atoms with Crippen molar-refractivity contribution in [1.82, 2.24) is 4.98 Å². The quantitative estimate of drug-likeness (QED) is 0.937. The van der Waals surface area contributed by atoms with Gasteiger partial charge < -0.3 is 9.84 Å². The van der Waals surface area contributed by atoms with Gasteiger partial charge in [0.2, 0.25) is 0 Å². The molecular formula is C13H9BrFNO3. The molecule has 4 nitrogen and oxygen atoms in total. The van der Waals surface area contributed by atoms with Crippen molar-refractivity contribution >= 4 is 21.9 Å². The van der Waals surface area contributed by atoms with Crippen LogP contribution in [0, 0.1) is 5.82 Å². The molecule has 0 amide bonds. The topological polar surface area (TPSA) is 59.4 Å². The van der Waals surface area contributed by atoms with Gasteiger partial charge in [0.15, 0.2) is 0 Å². The molecule has 0 saturated carbocycles. The minimum Gasteiger partial charge on any atom is -0.487 e. The first-order chi connectivity index (χ1) is 9.06. The second kappa shape index (κ2) is 5.79. The van der Waals surface area contributed by atoms with E-state index in [1.165, 1.54) is 24.4 Å². The molecule has 19 heavy (non-hydrogen) atoms. The summed E-state index contributed by atoms with van der Waals surface area (Å²) in [5.74, 6) is -1.09. The van der Waals surface area contributed by atoms with Crippen molar-refractivity contribution in [2.24, 2.45) is 0 Å². The van der Waals surface area contributed by atoms with Gasteiger partial charge in [-0.3, -0.25) is 0 Å². The van der Waals surface area contributed by atoms with Gasteiger partial charge in [0.25, 0.3) is 0 Å². The smallest absolute Gasteiger partial charge is 0.354 e. The SMILES string of the molecule is O=C(O)c1ccc(OCc2cc(Br)ccc2F)cn1. The number of carboxylic acids is 1. The molecule has 0 atom stereocenters. The van der Waals surface area contributed by atoms with Crippen LogP contribution in [0.5, 0.6) is 5.75 Å². The third kappa shape index (κ3) is 3.51. The highest BCUT2D eigenvalue weighted by Gasteiger charge is 2.06. The Hall–Kier alpha value is -1.95. The molecule has 1 aromatic heterocycles. The van der Waals surface area contributed by atoms with Crippen LogP contribution < -0.4 is 4.74 Å². The normalized spacial score (nSPS) is 10.2. The first-order valence-corrected chi connectivity index (χ1v) is 6.11. The molecule has 6 heteroatoms. The van der Waals surface area contributed by atoms with E-state index < -0.39 is 5.97 Å². The molecule has 1 N–H and O–H groups in total. The first kappa shape index (κ1) is 13.5. The predicted octanol–water partition coefficient (Wildman–Crippen LogP) is 3.26. The van der Waals surface area contributed by atoms with E-state index in [1.807, 2.05) is 0 Å². The van der Waals surface area contributed by atoms with E-state index in [0.29, 0.717) is 11.3 Å². The number of nitrogens with zero attached hydrogens (tertiary/aromatic N) is 1. The van der Waals surface area contributed by atoms with E-state index in [1.54, 1.807) is 12.1 Å². The molecule has 1 heterocycles. The largest absolute Gasteiger partial charge is 0.487 e. The minimum absolute atomic E-state index is 0.0410. The van der Waals surface area contributed by atoms with Crippen LogP contribution in [-0.2, 0) is 6.61 Å². The second-order valence-corrected chi connectivity index (χ2v) is 4.62. The van der Waals surface area contributed by atoms with Crippen LogP contribution in [0.2, 0.25) is 0 Å². The lowest BCUT2D eigenvalue weighted by Crippen LogP contribution is -2.02. The highest BCUT2D eigenvalue weighted by Crippen LogP contribution is 2.18. The van der Waals surface area contributed by atoms with E-state index >= 15 is 0 Å². The van der Waals surface area contributed by atoms with E-state index in [2.05, 4.69) is 20.9 Å². The van der Waals surface area contributed by atoms with Crippen LogP contribution in [0.3, 0.4) is 0 Å². The summed E-state index contributed by atoms with van der Waals surface area (Å²) >= 11 is 3.25. The van der Waals surface area contributed by atoms with E-state index in [-0.39, 0.29) is 18.1 Å². The second-order valence-electron chi connectivity index (χ2n) is 3.71. The molecule has 0 unspecified atom stereocenters. The number of carboxylic acid groups (broad SMARTS) is 1. The number of aromatic nitrogens is 1. The number of rotatable bonds is 4. The monoisotopic (exact) mass is 325 g/mol. The van der Waals surface area contributed by atoms with Gasteiger partial charge in [-0.05, 0) is 30.3 Å². The number of benzene rings is 1. The van der Waals surface area contributed by atoms with Crippen LogP contribution >= 0.6 is 15.9 Å². The number of pyridine rings is 1. The summed E-state index contributed by atoms with van der Waals surface area (Å²) < 4.78 is 19.6. The van der Waals surface area contributed by atoms with Crippen molar-refractivity contribution in [3.8, 4) is 5.75 Å². The van der Waals surface area contributed by atoms with Gasteiger partial charge in [-0.1, -0.05) is 15.9 Å². The lowest BCUT2D eigenvalue weighted by atomic mass is 10.2. The Morgan fingerprint density at radius 3 is 2.79 bits per heavy atom. The summed E-state index contributed by atoms with van der Waals surface area (Å²) in [6.45, 7) is 0.0410. The number of ether oxygens (including phenoxy) is 1. The van der Waals surface area contributed by atoms with Crippen LogP contribution in [0.15, 0.2) is 41.0 Å². The Balaban J connectivity index is 2.06. The molecule has 2 aromatic rings. The van der Waals surface area contributed by atoms with Crippen LogP contribution in [0.25, 0.3) is 0 Å². The molecular weight excluding hydrogens is 317 g/mol. The Morgan fingerprint density at radius 1 is 1.37 bits per heavy atom. The number of aromatic carboxylic acids is 1. The molecule has 0 aliphatic rings. The molecule has 1 aromatic carbocycles. The molecule has 2 rings (SSSR count). The van der Waals surface area contributed by atoms with Crippen LogP contribution in [0.1, 0.15) is 16.1 Å². The zero-order valence-electron chi connectivity index (χ0n) is 9.64. The lowest BCUT2D eigenvalue weighted by Gasteiger charge is -2.07. The van der Waals surface area contributed by atoms with Crippen molar-refractivity contribution in [2.45, 2.75) is 6.61 Å². The van der Waals surface area contributed by atoms with Crippen molar-refractivity contribution in [1.29, 1.82) is 0 Å². The number of hydrogen-bond donors (Lipinski definition) is 1. The fourth-order valence-electron chi connectivity index (χ4n) is 1.41. The van der Waals surface area contributed by atoms with E-state index in [4.69, 9.17) is 9.84 Å². The Morgan fingerprint density at radius 2 is 2.16 bits per heavy atom. The summed E-state index contributed by atoms with van der Waals surface area (Å²) in [4.78, 5) is 14.3. The highest BCUT2D eigenvalue weighted by atomic mass is 79.9. The van der Waals surface area contributed by atoms with Gasteiger partial charge in [-0.25, -0.2) is 14.2 Å². The molecule has 0 spiro atoms. The maximum absolute atomic E-state index is 13.4. The zero-order valence-corrected chi connectivity index (χ0v) is 11.2. The summed E-state index contributed by atoms with van der Waals surface area (Å²) in [6, 6.07) is 7.37. The van der Waals surface area contributed by atoms with Gasteiger partial charge in [-0.2, -0.15) is 0 Å². The molecule has 0 bridgehead atoms. The summed E-state index contributed by atoms with van der Waals surface area (Å²) in [7, 11) is 0.